The second-order valence-corrected chi connectivity index (χ2v) is 3.54. The Kier molecular flexibility index (Phi) is 4.40. The van der Waals surface area contributed by atoms with E-state index in [9.17, 15) is 4.79 Å². The lowest BCUT2D eigenvalue weighted by molar-refractivity contribution is -0.120. The Balaban J connectivity index is 2.29. The third kappa shape index (κ3) is 3.75. The van der Waals surface area contributed by atoms with Gasteiger partial charge in [-0.05, 0) is 25.6 Å². The second-order valence-electron chi connectivity index (χ2n) is 3.54. The van der Waals surface area contributed by atoms with Crippen LogP contribution in [0.1, 0.15) is 25.5 Å². The molecule has 0 aliphatic heterocycles. The molecule has 0 fully saturated rings. The molecule has 0 saturated carbocycles. The summed E-state index contributed by atoms with van der Waals surface area (Å²) in [5.41, 5.74) is 0. The van der Waals surface area contributed by atoms with Crippen molar-refractivity contribution in [3.05, 3.63) is 24.2 Å². The standard InChI is InChI=1S/C11H17NO2/c1-3-5-10(13)8-12(2)9-11-6-4-7-14-11/h4,6-7H,3,5,8-9H2,1-2H3. The number of carbonyl (C=O) groups excluding carboxylic acids is 1. The summed E-state index contributed by atoms with van der Waals surface area (Å²) in [7, 11) is 1.93. The molecule has 1 aromatic rings. The first-order valence-electron chi connectivity index (χ1n) is 4.95. The van der Waals surface area contributed by atoms with Gasteiger partial charge in [-0.2, -0.15) is 0 Å². The van der Waals surface area contributed by atoms with Gasteiger partial charge in [0.25, 0.3) is 0 Å². The van der Waals surface area contributed by atoms with Gasteiger partial charge in [-0.1, -0.05) is 6.92 Å². The van der Waals surface area contributed by atoms with E-state index in [-0.39, 0.29) is 0 Å². The molecule has 1 heterocycles. The van der Waals surface area contributed by atoms with Crippen LogP contribution >= 0.6 is 0 Å². The zero-order valence-corrected chi connectivity index (χ0v) is 8.82. The van der Waals surface area contributed by atoms with E-state index >= 15 is 0 Å². The zero-order valence-electron chi connectivity index (χ0n) is 8.82. The second kappa shape index (κ2) is 5.60. The molecule has 0 bridgehead atoms. The van der Waals surface area contributed by atoms with Gasteiger partial charge in [-0.25, -0.2) is 0 Å². The number of hydrogen-bond donors (Lipinski definition) is 0. The highest BCUT2D eigenvalue weighted by atomic mass is 16.3. The highest BCUT2D eigenvalue weighted by Gasteiger charge is 2.07. The van der Waals surface area contributed by atoms with Gasteiger partial charge in [-0.15, -0.1) is 0 Å². The van der Waals surface area contributed by atoms with E-state index in [4.69, 9.17) is 4.42 Å². The number of Topliss-reactive ketones (excluding diaryl/α,β-unsaturated/α-hetero) is 1. The molecule has 0 unspecified atom stereocenters. The largest absolute Gasteiger partial charge is 0.468 e. The van der Waals surface area contributed by atoms with Crippen LogP contribution in [0.3, 0.4) is 0 Å². The first-order valence-corrected chi connectivity index (χ1v) is 4.95. The van der Waals surface area contributed by atoms with Crippen LogP contribution in [0.2, 0.25) is 0 Å². The number of furan rings is 1. The van der Waals surface area contributed by atoms with Gasteiger partial charge in [0.2, 0.25) is 0 Å². The van der Waals surface area contributed by atoms with Crippen molar-refractivity contribution in [2.75, 3.05) is 13.6 Å². The Bertz CT molecular complexity index is 267. The zero-order chi connectivity index (χ0) is 10.4. The first-order chi connectivity index (χ1) is 6.72. The number of hydrogen-bond acceptors (Lipinski definition) is 3. The topological polar surface area (TPSA) is 33.5 Å². The molecule has 0 aliphatic rings. The quantitative estimate of drug-likeness (QED) is 0.696. The molecular weight excluding hydrogens is 178 g/mol. The summed E-state index contributed by atoms with van der Waals surface area (Å²) in [6.07, 6.45) is 3.24. The summed E-state index contributed by atoms with van der Waals surface area (Å²) in [5.74, 6) is 1.19. The molecule has 3 nitrogen and oxygen atoms in total. The fourth-order valence-corrected chi connectivity index (χ4v) is 1.38. The summed E-state index contributed by atoms with van der Waals surface area (Å²) >= 11 is 0. The van der Waals surface area contributed by atoms with Crippen LogP contribution < -0.4 is 0 Å². The Hall–Kier alpha value is -1.09. The van der Waals surface area contributed by atoms with E-state index in [1.807, 2.05) is 31.0 Å². The number of carbonyl (C=O) groups is 1. The summed E-state index contributed by atoms with van der Waals surface area (Å²) < 4.78 is 5.19. The van der Waals surface area contributed by atoms with Crippen LogP contribution in [-0.4, -0.2) is 24.3 Å². The van der Waals surface area contributed by atoms with Crippen molar-refractivity contribution in [2.45, 2.75) is 26.3 Å². The SMILES string of the molecule is CCCC(=O)CN(C)Cc1ccco1. The van der Waals surface area contributed by atoms with Crippen molar-refractivity contribution < 1.29 is 9.21 Å². The van der Waals surface area contributed by atoms with Crippen LogP contribution in [0, 0.1) is 0 Å². The van der Waals surface area contributed by atoms with Crippen molar-refractivity contribution in [1.29, 1.82) is 0 Å². The minimum atomic E-state index is 0.293. The summed E-state index contributed by atoms with van der Waals surface area (Å²) in [4.78, 5) is 13.3. The fourth-order valence-electron chi connectivity index (χ4n) is 1.38. The molecule has 0 aromatic carbocycles. The summed E-state index contributed by atoms with van der Waals surface area (Å²) in [5, 5.41) is 0. The van der Waals surface area contributed by atoms with Gasteiger partial charge in [-0.3, -0.25) is 9.69 Å². The molecule has 0 aliphatic carbocycles. The highest BCUT2D eigenvalue weighted by molar-refractivity contribution is 5.80. The maximum absolute atomic E-state index is 11.3. The summed E-state index contributed by atoms with van der Waals surface area (Å²) in [6, 6.07) is 3.78. The van der Waals surface area contributed by atoms with E-state index in [0.717, 1.165) is 12.2 Å². The van der Waals surface area contributed by atoms with Gasteiger partial charge in [0.15, 0.2) is 0 Å². The van der Waals surface area contributed by atoms with Crippen LogP contribution in [0.15, 0.2) is 22.8 Å². The maximum Gasteiger partial charge on any atom is 0.146 e. The lowest BCUT2D eigenvalue weighted by Crippen LogP contribution is -2.25. The predicted octanol–water partition coefficient (Wildman–Crippen LogP) is 2.08. The average molecular weight is 195 g/mol. The Labute approximate surface area is 84.7 Å². The molecule has 78 valence electrons. The minimum absolute atomic E-state index is 0.293. The van der Waals surface area contributed by atoms with Gasteiger partial charge in [0.1, 0.15) is 11.5 Å². The first kappa shape index (κ1) is 11.0. The average Bonchev–Trinajstić information content (AvgIpc) is 2.56. The molecular formula is C11H17NO2. The molecule has 0 atom stereocenters. The molecule has 3 heteroatoms. The number of ketones is 1. The molecule has 14 heavy (non-hydrogen) atoms. The molecule has 0 spiro atoms. The summed E-state index contributed by atoms with van der Waals surface area (Å²) in [6.45, 7) is 3.22. The van der Waals surface area contributed by atoms with Gasteiger partial charge < -0.3 is 4.42 Å². The predicted molar refractivity (Wildman–Crippen MR) is 55.0 cm³/mol. The molecule has 0 radical (unpaired) electrons. The Morgan fingerprint density at radius 3 is 2.93 bits per heavy atom. The number of nitrogens with zero attached hydrogens (tertiary/aromatic N) is 1. The van der Waals surface area contributed by atoms with Crippen molar-refractivity contribution in [2.24, 2.45) is 0 Å². The maximum atomic E-state index is 11.3. The van der Waals surface area contributed by atoms with Crippen LogP contribution in [0.5, 0.6) is 0 Å². The van der Waals surface area contributed by atoms with Crippen LogP contribution in [-0.2, 0) is 11.3 Å². The monoisotopic (exact) mass is 195 g/mol. The van der Waals surface area contributed by atoms with Crippen molar-refractivity contribution in [3.8, 4) is 0 Å². The van der Waals surface area contributed by atoms with Crippen LogP contribution in [0.4, 0.5) is 0 Å². The normalized spacial score (nSPS) is 10.8. The third-order valence-corrected chi connectivity index (χ3v) is 1.98. The van der Waals surface area contributed by atoms with E-state index in [1.54, 1.807) is 6.26 Å². The van der Waals surface area contributed by atoms with Crippen LogP contribution in [0.25, 0.3) is 0 Å². The van der Waals surface area contributed by atoms with Gasteiger partial charge >= 0.3 is 0 Å². The minimum Gasteiger partial charge on any atom is -0.468 e. The van der Waals surface area contributed by atoms with Gasteiger partial charge in [0.05, 0.1) is 19.4 Å². The molecule has 0 saturated heterocycles. The number of rotatable bonds is 6. The lowest BCUT2D eigenvalue weighted by atomic mass is 10.2. The molecule has 1 aromatic heterocycles. The third-order valence-electron chi connectivity index (χ3n) is 1.98. The lowest BCUT2D eigenvalue weighted by Gasteiger charge is -2.13. The molecule has 0 N–H and O–H groups in total. The molecule has 0 amide bonds. The molecule has 1 rings (SSSR count). The smallest absolute Gasteiger partial charge is 0.146 e. The fraction of sp³-hybridized carbons (Fsp3) is 0.545. The van der Waals surface area contributed by atoms with E-state index in [0.29, 0.717) is 25.3 Å². The van der Waals surface area contributed by atoms with E-state index < -0.39 is 0 Å². The Morgan fingerprint density at radius 2 is 2.36 bits per heavy atom. The van der Waals surface area contributed by atoms with Crippen molar-refractivity contribution >= 4 is 5.78 Å². The Morgan fingerprint density at radius 1 is 1.57 bits per heavy atom. The van der Waals surface area contributed by atoms with E-state index in [1.165, 1.54) is 0 Å². The van der Waals surface area contributed by atoms with E-state index in [2.05, 4.69) is 0 Å². The van der Waals surface area contributed by atoms with Crippen molar-refractivity contribution in [3.63, 3.8) is 0 Å². The number of likely N-dealkylation sites (N-methyl/N-ethyl adjacent to an activating group) is 1. The highest BCUT2D eigenvalue weighted by Crippen LogP contribution is 2.03. The van der Waals surface area contributed by atoms with Gasteiger partial charge in [0, 0.05) is 6.42 Å². The van der Waals surface area contributed by atoms with Crippen molar-refractivity contribution in [1.82, 2.24) is 4.90 Å².